The molecule has 0 aliphatic heterocycles. The van der Waals surface area contributed by atoms with E-state index in [0.29, 0.717) is 110 Å². The third-order valence-corrected chi connectivity index (χ3v) is 21.9. The molecule has 0 aromatic heterocycles. The number of hydrogen-bond acceptors (Lipinski definition) is 18. The summed E-state index contributed by atoms with van der Waals surface area (Å²) < 4.78 is 43.5. The van der Waals surface area contributed by atoms with E-state index >= 15 is 0 Å². The van der Waals surface area contributed by atoms with Gasteiger partial charge >= 0.3 is 41.8 Å². The van der Waals surface area contributed by atoms with Gasteiger partial charge in [0, 0.05) is 30.4 Å². The Morgan fingerprint density at radius 2 is 0.519 bits per heavy atom. The van der Waals surface area contributed by atoms with E-state index in [9.17, 15) is 53.4 Å². The second-order valence-electron chi connectivity index (χ2n) is 32.0. The lowest BCUT2D eigenvalue weighted by Crippen LogP contribution is -2.11. The van der Waals surface area contributed by atoms with Gasteiger partial charge in [-0.25, -0.2) is 33.6 Å². The molecule has 0 amide bonds. The lowest BCUT2D eigenvalue weighted by Gasteiger charge is -2.14. The number of carbonyl (C=O) groups excluding carboxylic acids is 7. The Bertz CT molecular complexity index is 5060. The molecule has 0 spiro atoms. The van der Waals surface area contributed by atoms with Gasteiger partial charge in [-0.15, -0.1) is 0 Å². The summed E-state index contributed by atoms with van der Waals surface area (Å²) in [6.45, 7) is 25.2. The number of aryl methyl sites for hydroxylation is 3. The van der Waals surface area contributed by atoms with Gasteiger partial charge < -0.3 is 53.2 Å². The van der Waals surface area contributed by atoms with Crippen molar-refractivity contribution in [1.82, 2.24) is 0 Å². The highest BCUT2D eigenvalue weighted by Gasteiger charge is 2.20. The Labute approximate surface area is 774 Å². The van der Waals surface area contributed by atoms with Crippen LogP contribution in [0.25, 0.3) is 66.8 Å². The van der Waals surface area contributed by atoms with Crippen LogP contribution in [0, 0.1) is 20.8 Å². The van der Waals surface area contributed by atoms with Crippen LogP contribution in [0.1, 0.15) is 273 Å². The number of carbonyl (C=O) groups is 9. The van der Waals surface area contributed by atoms with Crippen LogP contribution in [0.2, 0.25) is 0 Å². The third-order valence-electron chi connectivity index (χ3n) is 21.9. The van der Waals surface area contributed by atoms with Crippen LogP contribution in [0.3, 0.4) is 0 Å². The number of rotatable bonds is 56. The number of esters is 5. The number of carboxylic acid groups (broad SMARTS) is 2. The second-order valence-corrected chi connectivity index (χ2v) is 32.0. The average molecular weight is 1790 g/mol. The molecule has 698 valence electrons. The largest absolute Gasteiger partial charge is 0.493 e. The Hall–Kier alpha value is -12.8. The highest BCUT2D eigenvalue weighted by atomic mass is 16.6. The molecule has 0 aliphatic rings. The molecule has 0 aliphatic carbocycles. The van der Waals surface area contributed by atoms with Gasteiger partial charge in [0.05, 0.1) is 69.5 Å². The maximum absolute atomic E-state index is 13.3. The van der Waals surface area contributed by atoms with Crippen molar-refractivity contribution in [3.8, 4) is 84.0 Å². The van der Waals surface area contributed by atoms with E-state index in [0.717, 1.165) is 141 Å². The number of aldehydes is 2. The number of benzene rings is 9. The number of aliphatic hydroxyl groups excluding tert-OH is 1. The molecule has 0 heterocycles. The molecule has 9 aromatic carbocycles. The molecular weight excluding hydrogens is 1650 g/mol. The second kappa shape index (κ2) is 62.4. The van der Waals surface area contributed by atoms with Crippen LogP contribution < -0.4 is 14.2 Å². The standard InChI is InChI=1S/C44H54O9.C30H34O5.C30H34O3.C7H12O3/c1-5-8-9-10-11-12-13-26-49-40-25-24-37(32-39(40)44(48)53-30-17-15-28-51-42(46)7-3)35-22-20-34(21-23-35)36-19-18-33(4)38(31-36)43(47)52-29-16-14-27-50-41(45)6-2;1-3-4-5-6-7-8-9-18-35-28-17-16-25(20-27(28)30(33)34)23-14-12-22(13-15-23)24-11-10-21(2)26(19-24)29(31)32;1-3-4-5-6-7-8-9-18-33-30-17-16-27(20-29(30)22-32)25-14-12-24(13-15-25)26-11-10-23(2)28(19-26)21-31;1-2-7(9)10-6-4-3-5-8/h6-7,18-25,31-32H,2-3,5,8-17,26-30H2,1,4H3;10-17,19-20H,3-9,18H2,1-2H3,(H,31,32)(H,33,34);10-17,19-22H,3-9,18H2,1-2H3;2,8H,1,3-6H2. The fourth-order valence-corrected chi connectivity index (χ4v) is 14.0. The molecule has 0 unspecified atom stereocenters. The Kier molecular flexibility index (Phi) is 51.0. The Morgan fingerprint density at radius 1 is 0.267 bits per heavy atom. The van der Waals surface area contributed by atoms with Crippen molar-refractivity contribution >= 4 is 54.4 Å². The summed E-state index contributed by atoms with van der Waals surface area (Å²) in [5.41, 5.74) is 16.0. The number of aliphatic hydroxyl groups is 1. The number of ether oxygens (including phenoxy) is 8. The van der Waals surface area contributed by atoms with Crippen molar-refractivity contribution in [2.75, 3.05) is 59.5 Å². The van der Waals surface area contributed by atoms with Crippen molar-refractivity contribution in [1.29, 1.82) is 0 Å². The molecule has 131 heavy (non-hydrogen) atoms. The zero-order valence-electron chi connectivity index (χ0n) is 77.6. The first-order valence-corrected chi connectivity index (χ1v) is 46.3. The van der Waals surface area contributed by atoms with Crippen LogP contribution in [0.15, 0.2) is 220 Å². The molecule has 20 nitrogen and oxygen atoms in total. The van der Waals surface area contributed by atoms with Gasteiger partial charge in [0.1, 0.15) is 34.7 Å². The van der Waals surface area contributed by atoms with Crippen molar-refractivity contribution in [2.24, 2.45) is 0 Å². The Morgan fingerprint density at radius 3 is 0.870 bits per heavy atom. The van der Waals surface area contributed by atoms with Gasteiger partial charge in [-0.2, -0.15) is 0 Å². The number of hydrogen-bond donors (Lipinski definition) is 3. The van der Waals surface area contributed by atoms with Crippen LogP contribution in [-0.4, -0.2) is 129 Å². The first-order valence-electron chi connectivity index (χ1n) is 46.3. The minimum absolute atomic E-state index is 0.144. The number of unbranched alkanes of at least 4 members (excludes halogenated alkanes) is 21. The fraction of sp³-hybridized carbons (Fsp3) is 0.378. The summed E-state index contributed by atoms with van der Waals surface area (Å²) in [6.07, 6.45) is 33.7. The number of carboxylic acids is 2. The van der Waals surface area contributed by atoms with Crippen LogP contribution in [0.4, 0.5) is 0 Å². The maximum atomic E-state index is 13.3. The average Bonchev–Trinajstić information content (AvgIpc) is 0.814. The number of aromatic carboxylic acids is 2. The Balaban J connectivity index is 0.000000296. The zero-order chi connectivity index (χ0) is 94.8. The smallest absolute Gasteiger partial charge is 0.341 e. The van der Waals surface area contributed by atoms with E-state index < -0.39 is 41.8 Å². The van der Waals surface area contributed by atoms with E-state index in [-0.39, 0.29) is 44.2 Å². The predicted molar refractivity (Wildman–Crippen MR) is 520 cm³/mol. The molecule has 9 rings (SSSR count). The molecule has 20 heteroatoms. The van der Waals surface area contributed by atoms with Gasteiger partial charge in [0.15, 0.2) is 6.29 Å². The predicted octanol–water partition coefficient (Wildman–Crippen LogP) is 26.2. The van der Waals surface area contributed by atoms with Crippen molar-refractivity contribution in [3.05, 3.63) is 270 Å². The first-order chi connectivity index (χ1) is 63.6. The topological polar surface area (TPSA) is 288 Å². The first kappa shape index (κ1) is 107. The van der Waals surface area contributed by atoms with Crippen molar-refractivity contribution < 1.29 is 96.4 Å². The van der Waals surface area contributed by atoms with Crippen LogP contribution in [-0.2, 0) is 38.1 Å². The van der Waals surface area contributed by atoms with E-state index in [1.54, 1.807) is 37.3 Å². The van der Waals surface area contributed by atoms with Crippen LogP contribution in [0.5, 0.6) is 17.2 Å². The van der Waals surface area contributed by atoms with Gasteiger partial charge in [-0.1, -0.05) is 283 Å². The fourth-order valence-electron chi connectivity index (χ4n) is 14.0. The lowest BCUT2D eigenvalue weighted by molar-refractivity contribution is -0.138. The van der Waals surface area contributed by atoms with Crippen LogP contribution >= 0.6 is 0 Å². The molecular formula is C111H134O20. The summed E-state index contributed by atoms with van der Waals surface area (Å²) >= 11 is 0. The normalized spacial score (nSPS) is 10.6. The SMILES string of the molecule is C=CC(=O)OCCCCO.C=CC(=O)OCCCCOC(=O)c1cc(-c2ccc(-c3ccc(OCCCCCCCCC)c(C(=O)OCCCCOC(=O)C=C)c3)cc2)ccc1C.CCCCCCCCCOc1ccc(-c2ccc(-c3ccc(C)c(C(=O)O)c3)cc2)cc1C(=O)O.CCCCCCCCCOc1ccc(-c2ccc(-c3ccc(C)c(C=O)c3)cc2)cc1C=O. The van der Waals surface area contributed by atoms with Gasteiger partial charge in [-0.3, -0.25) is 9.59 Å². The minimum atomic E-state index is -1.01. The summed E-state index contributed by atoms with van der Waals surface area (Å²) in [5, 5.41) is 27.4. The monoisotopic (exact) mass is 1790 g/mol. The molecule has 0 fully saturated rings. The molecule has 9 aromatic rings. The van der Waals surface area contributed by atoms with E-state index in [1.165, 1.54) is 103 Å². The van der Waals surface area contributed by atoms with Gasteiger partial charge in [-0.05, 0) is 217 Å². The molecule has 3 N–H and O–H groups in total. The molecule has 0 saturated heterocycles. The van der Waals surface area contributed by atoms with E-state index in [4.69, 9.17) is 38.3 Å². The summed E-state index contributed by atoms with van der Waals surface area (Å²) in [6, 6.07) is 57.3. The highest BCUT2D eigenvalue weighted by molar-refractivity contribution is 5.96. The summed E-state index contributed by atoms with van der Waals surface area (Å²) in [4.78, 5) is 105. The van der Waals surface area contributed by atoms with E-state index in [1.807, 2.05) is 166 Å². The molecule has 0 bridgehead atoms. The minimum Gasteiger partial charge on any atom is -0.493 e. The summed E-state index contributed by atoms with van der Waals surface area (Å²) in [7, 11) is 0. The maximum Gasteiger partial charge on any atom is 0.341 e. The van der Waals surface area contributed by atoms with E-state index in [2.05, 4.69) is 45.2 Å². The third kappa shape index (κ3) is 39.2. The molecule has 0 radical (unpaired) electrons. The lowest BCUT2D eigenvalue weighted by atomic mass is 9.96. The highest BCUT2D eigenvalue weighted by Crippen LogP contribution is 2.35. The molecule has 0 atom stereocenters. The quantitative estimate of drug-likeness (QED) is 0.0105. The summed E-state index contributed by atoms with van der Waals surface area (Å²) in [5.74, 6) is -2.68. The van der Waals surface area contributed by atoms with Crippen molar-refractivity contribution in [2.45, 2.75) is 215 Å². The van der Waals surface area contributed by atoms with Crippen molar-refractivity contribution in [3.63, 3.8) is 0 Å². The zero-order valence-corrected chi connectivity index (χ0v) is 77.6. The van der Waals surface area contributed by atoms with Gasteiger partial charge in [0.25, 0.3) is 0 Å². The van der Waals surface area contributed by atoms with Gasteiger partial charge in [0.2, 0.25) is 0 Å². The molecule has 0 saturated carbocycles.